The second-order valence-electron chi connectivity index (χ2n) is 3.65. The Labute approximate surface area is 103 Å². The van der Waals surface area contributed by atoms with Crippen LogP contribution in [0.4, 0.5) is 0 Å². The van der Waals surface area contributed by atoms with E-state index in [1.807, 2.05) is 0 Å². The molecule has 96 valence electrons. The number of carbonyl (C=O) groups is 1. The van der Waals surface area contributed by atoms with Crippen LogP contribution >= 0.6 is 0 Å². The molecule has 18 heavy (non-hydrogen) atoms. The van der Waals surface area contributed by atoms with Gasteiger partial charge in [-0.15, -0.1) is 10.2 Å². The molecule has 0 unspecified atom stereocenters. The fourth-order valence-electron chi connectivity index (χ4n) is 1.38. The van der Waals surface area contributed by atoms with Gasteiger partial charge in [0.1, 0.15) is 0 Å². The topological polar surface area (TPSA) is 101 Å². The van der Waals surface area contributed by atoms with Crippen molar-refractivity contribution in [2.24, 2.45) is 0 Å². The molecule has 2 aromatic heterocycles. The molecule has 2 heterocycles. The molecule has 0 amide bonds. The molecule has 0 bridgehead atoms. The van der Waals surface area contributed by atoms with E-state index in [1.165, 1.54) is 6.26 Å². The van der Waals surface area contributed by atoms with Crippen LogP contribution in [0.2, 0.25) is 0 Å². The number of aliphatic carboxylic acids is 1. The fourth-order valence-corrected chi connectivity index (χ4v) is 1.38. The van der Waals surface area contributed by atoms with Crippen molar-refractivity contribution in [3.63, 3.8) is 0 Å². The lowest BCUT2D eigenvalue weighted by molar-refractivity contribution is -0.137. The van der Waals surface area contributed by atoms with Crippen LogP contribution in [-0.4, -0.2) is 27.8 Å². The van der Waals surface area contributed by atoms with E-state index in [9.17, 15) is 4.79 Å². The monoisotopic (exact) mass is 251 g/mol. The zero-order valence-electron chi connectivity index (χ0n) is 9.63. The van der Waals surface area contributed by atoms with Crippen molar-refractivity contribution >= 4 is 5.97 Å². The molecular weight excluding hydrogens is 238 g/mol. The molecule has 0 spiro atoms. The number of nitrogens with one attached hydrogen (secondary N) is 1. The highest BCUT2D eigenvalue weighted by molar-refractivity contribution is 5.66. The highest BCUT2D eigenvalue weighted by Gasteiger charge is 2.10. The second-order valence-corrected chi connectivity index (χ2v) is 3.65. The van der Waals surface area contributed by atoms with E-state index in [1.54, 1.807) is 12.1 Å². The average molecular weight is 251 g/mol. The van der Waals surface area contributed by atoms with E-state index < -0.39 is 5.97 Å². The number of furan rings is 1. The van der Waals surface area contributed by atoms with Crippen LogP contribution < -0.4 is 5.32 Å². The number of aromatic nitrogens is 2. The summed E-state index contributed by atoms with van der Waals surface area (Å²) in [5.41, 5.74) is 0. The highest BCUT2D eigenvalue weighted by atomic mass is 16.4. The predicted molar refractivity (Wildman–Crippen MR) is 60.6 cm³/mol. The largest absolute Gasteiger partial charge is 0.481 e. The van der Waals surface area contributed by atoms with E-state index in [0.717, 1.165) is 0 Å². The van der Waals surface area contributed by atoms with Gasteiger partial charge in [0, 0.05) is 6.42 Å². The van der Waals surface area contributed by atoms with Crippen molar-refractivity contribution in [2.45, 2.75) is 19.4 Å². The van der Waals surface area contributed by atoms with Gasteiger partial charge in [0.05, 0.1) is 12.8 Å². The first-order valence-electron chi connectivity index (χ1n) is 5.54. The van der Waals surface area contributed by atoms with Crippen LogP contribution in [-0.2, 0) is 11.3 Å². The van der Waals surface area contributed by atoms with Crippen LogP contribution in [0.15, 0.2) is 27.2 Å². The van der Waals surface area contributed by atoms with E-state index in [2.05, 4.69) is 15.5 Å². The van der Waals surface area contributed by atoms with Crippen molar-refractivity contribution in [3.8, 4) is 11.7 Å². The van der Waals surface area contributed by atoms with Gasteiger partial charge in [-0.05, 0) is 25.1 Å². The Morgan fingerprint density at radius 2 is 2.33 bits per heavy atom. The molecule has 7 heteroatoms. The fraction of sp³-hybridized carbons (Fsp3) is 0.364. The summed E-state index contributed by atoms with van der Waals surface area (Å²) in [6.07, 6.45) is 2.24. The third-order valence-corrected chi connectivity index (χ3v) is 2.22. The first kappa shape index (κ1) is 12.3. The lowest BCUT2D eigenvalue weighted by Gasteiger charge is -1.98. The zero-order chi connectivity index (χ0) is 12.8. The summed E-state index contributed by atoms with van der Waals surface area (Å²) in [6, 6.07) is 3.47. The van der Waals surface area contributed by atoms with Gasteiger partial charge in [-0.1, -0.05) is 0 Å². The van der Waals surface area contributed by atoms with E-state index >= 15 is 0 Å². The number of hydrogen-bond donors (Lipinski definition) is 2. The molecule has 0 aliphatic carbocycles. The molecule has 0 aromatic carbocycles. The first-order valence-corrected chi connectivity index (χ1v) is 5.54. The van der Waals surface area contributed by atoms with Gasteiger partial charge in [0.15, 0.2) is 5.76 Å². The molecule has 0 atom stereocenters. The number of nitrogens with zero attached hydrogens (tertiary/aromatic N) is 2. The number of rotatable bonds is 7. The van der Waals surface area contributed by atoms with Crippen LogP contribution in [0.1, 0.15) is 18.7 Å². The summed E-state index contributed by atoms with van der Waals surface area (Å²) >= 11 is 0. The predicted octanol–water partition coefficient (Wildman–Crippen LogP) is 1.28. The minimum atomic E-state index is -0.797. The summed E-state index contributed by atoms with van der Waals surface area (Å²) in [5, 5.41) is 19.2. The van der Waals surface area contributed by atoms with Crippen molar-refractivity contribution in [1.82, 2.24) is 15.5 Å². The van der Waals surface area contributed by atoms with Gasteiger partial charge in [0.25, 0.3) is 5.89 Å². The maximum atomic E-state index is 10.3. The second kappa shape index (κ2) is 5.97. The van der Waals surface area contributed by atoms with Crippen LogP contribution in [0, 0.1) is 0 Å². The maximum absolute atomic E-state index is 10.3. The van der Waals surface area contributed by atoms with Crippen molar-refractivity contribution in [3.05, 3.63) is 24.3 Å². The first-order chi connectivity index (χ1) is 8.75. The summed E-state index contributed by atoms with van der Waals surface area (Å²) in [4.78, 5) is 10.3. The molecule has 0 radical (unpaired) electrons. The zero-order valence-corrected chi connectivity index (χ0v) is 9.63. The van der Waals surface area contributed by atoms with Crippen LogP contribution in [0.3, 0.4) is 0 Å². The summed E-state index contributed by atoms with van der Waals surface area (Å²) < 4.78 is 10.5. The summed E-state index contributed by atoms with van der Waals surface area (Å²) in [7, 11) is 0. The SMILES string of the molecule is O=C(O)CCCNCc1nnc(-c2ccco2)o1. The Hall–Kier alpha value is -2.15. The Morgan fingerprint density at radius 1 is 1.44 bits per heavy atom. The molecule has 0 aliphatic rings. The van der Waals surface area contributed by atoms with Crippen molar-refractivity contribution < 1.29 is 18.7 Å². The minimum absolute atomic E-state index is 0.147. The quantitative estimate of drug-likeness (QED) is 0.714. The summed E-state index contributed by atoms with van der Waals surface area (Å²) in [5.74, 6) is 0.508. The number of carboxylic acid groups (broad SMARTS) is 1. The highest BCUT2D eigenvalue weighted by Crippen LogP contribution is 2.17. The number of carboxylic acids is 1. The smallest absolute Gasteiger partial charge is 0.303 e. The van der Waals surface area contributed by atoms with E-state index in [4.69, 9.17) is 13.9 Å². The maximum Gasteiger partial charge on any atom is 0.303 e. The Kier molecular flexibility index (Phi) is 4.08. The van der Waals surface area contributed by atoms with Gasteiger partial charge in [-0.3, -0.25) is 4.79 Å². The Balaban J connectivity index is 1.76. The molecule has 2 rings (SSSR count). The third kappa shape index (κ3) is 3.42. The van der Waals surface area contributed by atoms with Gasteiger partial charge in [0.2, 0.25) is 5.89 Å². The molecule has 2 N–H and O–H groups in total. The van der Waals surface area contributed by atoms with Crippen LogP contribution in [0.5, 0.6) is 0 Å². The Bertz CT molecular complexity index is 492. The molecule has 0 saturated heterocycles. The third-order valence-electron chi connectivity index (χ3n) is 2.22. The normalized spacial score (nSPS) is 10.7. The van der Waals surface area contributed by atoms with Crippen LogP contribution in [0.25, 0.3) is 11.7 Å². The van der Waals surface area contributed by atoms with Gasteiger partial charge >= 0.3 is 5.97 Å². The van der Waals surface area contributed by atoms with E-state index in [-0.39, 0.29) is 6.42 Å². The van der Waals surface area contributed by atoms with Gasteiger partial charge in [-0.2, -0.15) is 0 Å². The Morgan fingerprint density at radius 3 is 3.06 bits per heavy atom. The number of hydrogen-bond acceptors (Lipinski definition) is 6. The van der Waals surface area contributed by atoms with E-state index in [0.29, 0.717) is 37.1 Å². The van der Waals surface area contributed by atoms with Crippen molar-refractivity contribution in [1.29, 1.82) is 0 Å². The van der Waals surface area contributed by atoms with Crippen molar-refractivity contribution in [2.75, 3.05) is 6.54 Å². The molecule has 2 aromatic rings. The van der Waals surface area contributed by atoms with Gasteiger partial charge in [-0.25, -0.2) is 0 Å². The lowest BCUT2D eigenvalue weighted by atomic mass is 10.3. The van der Waals surface area contributed by atoms with Gasteiger partial charge < -0.3 is 19.3 Å². The standard InChI is InChI=1S/C11H13N3O4/c15-10(16)4-1-5-12-7-9-13-14-11(18-9)8-3-2-6-17-8/h2-3,6,12H,1,4-5,7H2,(H,15,16). The molecular formula is C11H13N3O4. The molecule has 7 nitrogen and oxygen atoms in total. The molecule has 0 fully saturated rings. The molecule has 0 aliphatic heterocycles. The average Bonchev–Trinajstić information content (AvgIpc) is 2.98. The molecule has 0 saturated carbocycles. The summed E-state index contributed by atoms with van der Waals surface area (Å²) in [6.45, 7) is 0.998. The minimum Gasteiger partial charge on any atom is -0.481 e. The lowest BCUT2D eigenvalue weighted by Crippen LogP contribution is -2.15.